The quantitative estimate of drug-likeness (QED) is 0.0582. The number of likely N-dealkylation sites (N-methyl/N-ethyl adjacent to an activating group) is 1. The summed E-state index contributed by atoms with van der Waals surface area (Å²) < 4.78 is 12.0. The lowest BCUT2D eigenvalue weighted by Crippen LogP contribution is -2.63. The third kappa shape index (κ3) is 16.4. The van der Waals surface area contributed by atoms with Gasteiger partial charge < -0.3 is 78.6 Å². The number of benzene rings is 2. The molecule has 0 saturated carbocycles. The van der Waals surface area contributed by atoms with E-state index in [0.29, 0.717) is 31.5 Å². The Morgan fingerprint density at radius 3 is 2.26 bits per heavy atom. The van der Waals surface area contributed by atoms with Crippen LogP contribution in [0.4, 0.5) is 0 Å². The predicted octanol–water partition coefficient (Wildman–Crippen LogP) is -0.0264. The monoisotopic (exact) mass is 984 g/mol. The summed E-state index contributed by atoms with van der Waals surface area (Å²) in [6.07, 6.45) is 2.79. The van der Waals surface area contributed by atoms with Crippen LogP contribution in [-0.2, 0) is 39.9 Å². The van der Waals surface area contributed by atoms with Crippen LogP contribution in [0.5, 0.6) is 11.5 Å². The number of phenolic OH excluding ortho intramolecular Hbond substituents is 1. The predicted molar refractivity (Wildman–Crippen MR) is 260 cm³/mol. The fourth-order valence-corrected chi connectivity index (χ4v) is 8.36. The van der Waals surface area contributed by atoms with Crippen molar-refractivity contribution in [3.8, 4) is 22.6 Å². The number of Topliss-reactive ketones (excluding diaryl/α,β-unsaturated/α-hetero) is 1. The molecule has 10 atom stereocenters. The van der Waals surface area contributed by atoms with E-state index in [1.54, 1.807) is 0 Å². The van der Waals surface area contributed by atoms with E-state index in [9.17, 15) is 49.2 Å². The number of carbonyl (C=O) groups is 6. The molecule has 2 aliphatic rings. The number of carbonyl (C=O) groups excluding carboxylic acids is 6. The second-order valence-electron chi connectivity index (χ2n) is 18.3. The van der Waals surface area contributed by atoms with Crippen molar-refractivity contribution in [2.45, 2.75) is 165 Å². The largest absolute Gasteiger partial charge is 0.507 e. The van der Waals surface area contributed by atoms with Gasteiger partial charge in [0.2, 0.25) is 29.9 Å². The average Bonchev–Trinajstić information content (AvgIpc) is 3.33. The highest BCUT2D eigenvalue weighted by atomic mass is 16.7. The molecule has 5 amide bonds. The van der Waals surface area contributed by atoms with Crippen LogP contribution in [0.2, 0.25) is 0 Å². The molecule has 2 aromatic rings. The van der Waals surface area contributed by atoms with Crippen molar-refractivity contribution >= 4 is 35.3 Å². The third-order valence-corrected chi connectivity index (χ3v) is 12.8. The first-order chi connectivity index (χ1) is 33.4. The van der Waals surface area contributed by atoms with Gasteiger partial charge in [0.1, 0.15) is 47.9 Å². The van der Waals surface area contributed by atoms with Gasteiger partial charge in [-0.1, -0.05) is 64.0 Å². The molecular weight excluding hydrogens is 907 g/mol. The van der Waals surface area contributed by atoms with E-state index in [4.69, 9.17) is 26.7 Å². The first-order valence-electron chi connectivity index (χ1n) is 24.6. The zero-order valence-corrected chi connectivity index (χ0v) is 41.0. The highest BCUT2D eigenvalue weighted by Crippen LogP contribution is 2.41. The summed E-state index contributed by atoms with van der Waals surface area (Å²) in [4.78, 5) is 83.2. The highest BCUT2D eigenvalue weighted by Gasteiger charge is 2.44. The normalized spacial score (nSPS) is 23.5. The van der Waals surface area contributed by atoms with Gasteiger partial charge in [0.15, 0.2) is 11.9 Å². The number of hydrogen-bond acceptors (Lipinski definition) is 16. The molecule has 21 heteroatoms. The Morgan fingerprint density at radius 2 is 1.59 bits per heavy atom. The van der Waals surface area contributed by atoms with Crippen LogP contribution in [-0.4, -0.2) is 149 Å². The molecule has 2 heterocycles. The number of phenols is 1. The van der Waals surface area contributed by atoms with Crippen LogP contribution >= 0.6 is 0 Å². The Balaban J connectivity index is 1.73. The van der Waals surface area contributed by atoms with Crippen LogP contribution in [0.25, 0.3) is 11.1 Å². The molecule has 390 valence electrons. The summed E-state index contributed by atoms with van der Waals surface area (Å²) in [7, 11) is 1.35. The number of aliphatic hydroxyl groups excluding tert-OH is 3. The molecule has 1 fully saturated rings. The number of nitrogens with one attached hydrogen (secondary N) is 5. The summed E-state index contributed by atoms with van der Waals surface area (Å²) >= 11 is 0. The zero-order valence-electron chi connectivity index (χ0n) is 41.0. The van der Waals surface area contributed by atoms with E-state index in [1.165, 1.54) is 89.4 Å². The van der Waals surface area contributed by atoms with Crippen LogP contribution in [0.1, 0.15) is 115 Å². The van der Waals surface area contributed by atoms with Crippen molar-refractivity contribution in [1.82, 2.24) is 31.5 Å². The number of ether oxygens (including phenoxy) is 2. The van der Waals surface area contributed by atoms with Crippen LogP contribution < -0.4 is 48.5 Å². The van der Waals surface area contributed by atoms with E-state index < -0.39 is 97.1 Å². The van der Waals surface area contributed by atoms with Crippen LogP contribution in [0, 0.1) is 0 Å². The molecule has 1 unspecified atom stereocenters. The lowest BCUT2D eigenvalue weighted by molar-refractivity contribution is -0.239. The number of ketones is 1. The number of amides is 5. The van der Waals surface area contributed by atoms with E-state index >= 15 is 0 Å². The van der Waals surface area contributed by atoms with E-state index in [1.807, 2.05) is 0 Å². The van der Waals surface area contributed by atoms with Crippen molar-refractivity contribution < 1.29 is 58.7 Å². The number of rotatable bonds is 25. The summed E-state index contributed by atoms with van der Waals surface area (Å²) in [5.74, 6) is -4.43. The smallest absolute Gasteiger partial charge is 0.258 e. The molecule has 15 N–H and O–H groups in total. The van der Waals surface area contributed by atoms with Gasteiger partial charge in [0, 0.05) is 37.6 Å². The number of nitrogens with zero attached hydrogens (tertiary/aromatic N) is 1. The molecule has 2 aromatic carbocycles. The molecule has 0 aromatic heterocycles. The van der Waals surface area contributed by atoms with Crippen molar-refractivity contribution in [3.63, 3.8) is 0 Å². The Morgan fingerprint density at radius 1 is 0.886 bits per heavy atom. The molecule has 0 radical (unpaired) electrons. The first-order valence-corrected chi connectivity index (χ1v) is 24.6. The Kier molecular flexibility index (Phi) is 23.4. The number of fused-ring (bicyclic) bond motifs is 5. The van der Waals surface area contributed by atoms with E-state index in [2.05, 4.69) is 33.5 Å². The van der Waals surface area contributed by atoms with Crippen LogP contribution in [0.15, 0.2) is 36.4 Å². The molecule has 21 nitrogen and oxygen atoms in total. The van der Waals surface area contributed by atoms with Gasteiger partial charge >= 0.3 is 0 Å². The van der Waals surface area contributed by atoms with Gasteiger partial charge in [-0.05, 0) is 88.0 Å². The fraction of sp³-hybridized carbons (Fsp3) is 0.633. The van der Waals surface area contributed by atoms with Gasteiger partial charge in [-0.25, -0.2) is 0 Å². The zero-order chi connectivity index (χ0) is 51.5. The molecule has 1 saturated heterocycles. The van der Waals surface area contributed by atoms with Gasteiger partial charge in [0.05, 0.1) is 18.7 Å². The van der Waals surface area contributed by atoms with E-state index in [-0.39, 0.29) is 53.2 Å². The molecule has 2 aliphatic heterocycles. The Labute approximate surface area is 410 Å². The highest BCUT2D eigenvalue weighted by molar-refractivity contribution is 5.97. The lowest BCUT2D eigenvalue weighted by atomic mass is 9.93. The second kappa shape index (κ2) is 28.6. The van der Waals surface area contributed by atoms with Gasteiger partial charge in [0.25, 0.3) is 5.91 Å². The standard InChI is InChI=1S/C49H77N9O12/c1-5-6-7-8-9-10-11-14-22-53-23-20-39(62)55-34(15-12-13-21-50)48(68)58(4)41-31-17-19-37(69-49-40(51)43(64)42(63)38(27-59)70-49)33(26-31)32-24-30(16-18-36(32)61)25-35(45(65)54-28(2)29(3)60)56-47(67)44(52)57-46(41)66/h16-19,24,26,28,34-35,38,40-44,49,53,59,61,63-64H,5-15,20-23,25,27,50-52H2,1-4H3,(H,54,65)(H,55,62)(H,56,67)(H,57,66)/t28-,34-,35-,38+,40+,41-,42+,43+,44+,49?/m0/s1. The number of unbranched alkanes of at least 4 members (excludes halogenated alkanes) is 8. The molecule has 0 aliphatic carbocycles. The molecule has 4 rings (SSSR count). The summed E-state index contributed by atoms with van der Waals surface area (Å²) in [5, 5.41) is 56.3. The van der Waals surface area contributed by atoms with Crippen LogP contribution in [0.3, 0.4) is 0 Å². The third-order valence-electron chi connectivity index (χ3n) is 12.8. The first kappa shape index (κ1) is 57.3. The number of nitrogens with two attached hydrogens (primary N) is 3. The van der Waals surface area contributed by atoms with Gasteiger partial charge in [-0.3, -0.25) is 28.8 Å². The Bertz CT molecular complexity index is 2060. The molecular formula is C49H77N9O12. The van der Waals surface area contributed by atoms with Gasteiger partial charge in [-0.15, -0.1) is 0 Å². The van der Waals surface area contributed by atoms with E-state index in [0.717, 1.165) is 30.7 Å². The second-order valence-corrected chi connectivity index (χ2v) is 18.3. The molecule has 4 bridgehead atoms. The minimum Gasteiger partial charge on any atom is -0.507 e. The summed E-state index contributed by atoms with van der Waals surface area (Å²) in [6, 6.07) is 2.29. The summed E-state index contributed by atoms with van der Waals surface area (Å²) in [6.45, 7) is 5.71. The SMILES string of the molecule is CCCCCCCCCCNCCC(=O)N[C@@H](CCCCN)C(=O)N(C)[C@@H]1C(=O)N[C@@H](N)C(=O)N[C@H](C(=O)N[C@@H](C)C(C)=O)Cc2ccc(O)c(c2)-c2cc1ccc2OC1O[C@H](CO)[C@@H](O)[C@H](O)[C@H]1N. The lowest BCUT2D eigenvalue weighted by Gasteiger charge is -2.40. The number of aromatic hydroxyl groups is 1. The maximum atomic E-state index is 14.7. The molecule has 0 spiro atoms. The Hall–Kier alpha value is -5.26. The minimum absolute atomic E-state index is 0.0327. The maximum absolute atomic E-state index is 14.7. The number of hydrogen-bond donors (Lipinski definition) is 12. The number of aliphatic hydroxyl groups is 3. The minimum atomic E-state index is -1.77. The summed E-state index contributed by atoms with van der Waals surface area (Å²) in [5.41, 5.74) is 19.0. The topological polar surface area (TPSA) is 343 Å². The van der Waals surface area contributed by atoms with Crippen molar-refractivity contribution in [2.24, 2.45) is 17.2 Å². The maximum Gasteiger partial charge on any atom is 0.258 e. The van der Waals surface area contributed by atoms with Crippen molar-refractivity contribution in [3.05, 3.63) is 47.5 Å². The van der Waals surface area contributed by atoms with Crippen molar-refractivity contribution in [2.75, 3.05) is 33.3 Å². The average molecular weight is 984 g/mol. The fourth-order valence-electron chi connectivity index (χ4n) is 8.36. The van der Waals surface area contributed by atoms with Crippen molar-refractivity contribution in [1.29, 1.82) is 0 Å². The molecule has 70 heavy (non-hydrogen) atoms. The van der Waals surface area contributed by atoms with Gasteiger partial charge in [-0.2, -0.15) is 0 Å².